The number of para-hydroxylation sites is 2. The van der Waals surface area contributed by atoms with Crippen LogP contribution in [0.3, 0.4) is 0 Å². The third kappa shape index (κ3) is 4.45. The number of fused-ring (bicyclic) bond motifs is 2. The summed E-state index contributed by atoms with van der Waals surface area (Å²) < 4.78 is 0. The quantitative estimate of drug-likeness (QED) is 0.521. The second-order valence-electron chi connectivity index (χ2n) is 10.5. The fraction of sp³-hybridized carbons (Fsp3) is 0.355. The lowest BCUT2D eigenvalue weighted by Crippen LogP contribution is -2.52. The van der Waals surface area contributed by atoms with Crippen molar-refractivity contribution in [3.63, 3.8) is 0 Å². The van der Waals surface area contributed by atoms with Gasteiger partial charge in [0.15, 0.2) is 11.4 Å². The van der Waals surface area contributed by atoms with Crippen molar-refractivity contribution in [3.05, 3.63) is 95.1 Å². The highest BCUT2D eigenvalue weighted by atomic mass is 16.3. The summed E-state index contributed by atoms with van der Waals surface area (Å²) in [6, 6.07) is 23.6. The van der Waals surface area contributed by atoms with Crippen LogP contribution in [0.15, 0.2) is 72.8 Å². The smallest absolute Gasteiger partial charge is 0.265 e. The van der Waals surface area contributed by atoms with E-state index >= 15 is 0 Å². The molecule has 6 rings (SSSR count). The molecule has 6 heteroatoms. The monoisotopic (exact) mass is 495 g/mol. The zero-order valence-corrected chi connectivity index (χ0v) is 21.1. The lowest BCUT2D eigenvalue weighted by atomic mass is 9.85. The van der Waals surface area contributed by atoms with Gasteiger partial charge >= 0.3 is 0 Å². The van der Waals surface area contributed by atoms with Crippen molar-refractivity contribution in [3.8, 4) is 0 Å². The first-order valence-corrected chi connectivity index (χ1v) is 13.3. The van der Waals surface area contributed by atoms with Crippen LogP contribution in [-0.2, 0) is 23.2 Å². The fourth-order valence-electron chi connectivity index (χ4n) is 6.05. The van der Waals surface area contributed by atoms with Gasteiger partial charge in [0.05, 0.1) is 18.8 Å². The van der Waals surface area contributed by atoms with Crippen LogP contribution in [0, 0.1) is 0 Å². The zero-order valence-electron chi connectivity index (χ0n) is 21.1. The van der Waals surface area contributed by atoms with Crippen LogP contribution in [0.4, 0.5) is 11.4 Å². The lowest BCUT2D eigenvalue weighted by molar-refractivity contribution is -0.136. The predicted octanol–water partition coefficient (Wildman–Crippen LogP) is 4.15. The summed E-state index contributed by atoms with van der Waals surface area (Å²) in [5.41, 5.74) is 3.68. The van der Waals surface area contributed by atoms with Gasteiger partial charge in [-0.2, -0.15) is 0 Å². The Labute approximate surface area is 218 Å². The molecule has 1 unspecified atom stereocenters. The summed E-state index contributed by atoms with van der Waals surface area (Å²) in [6.07, 6.45) is 4.10. The van der Waals surface area contributed by atoms with Gasteiger partial charge in [0, 0.05) is 43.0 Å². The third-order valence-electron chi connectivity index (χ3n) is 8.16. The Balaban J connectivity index is 1.18. The van der Waals surface area contributed by atoms with Gasteiger partial charge in [0.1, 0.15) is 0 Å². The molecule has 0 saturated carbocycles. The Morgan fingerprint density at radius 1 is 0.838 bits per heavy atom. The first kappa shape index (κ1) is 23.9. The van der Waals surface area contributed by atoms with Gasteiger partial charge in [0.2, 0.25) is 0 Å². The molecule has 37 heavy (non-hydrogen) atoms. The molecule has 3 aromatic carbocycles. The molecule has 1 saturated heterocycles. The van der Waals surface area contributed by atoms with Crippen molar-refractivity contribution in [1.82, 2.24) is 4.90 Å². The molecule has 3 aliphatic rings. The number of carbonyl (C=O) groups is 2. The maximum atomic E-state index is 13.7. The number of benzene rings is 3. The number of rotatable bonds is 6. The lowest BCUT2D eigenvalue weighted by Gasteiger charge is -2.38. The third-order valence-corrected chi connectivity index (χ3v) is 8.16. The largest absolute Gasteiger partial charge is 0.375 e. The molecule has 2 aliphatic heterocycles. The Hall–Kier alpha value is -3.48. The maximum Gasteiger partial charge on any atom is 0.265 e. The summed E-state index contributed by atoms with van der Waals surface area (Å²) in [6.45, 7) is 3.76. The Bertz CT molecular complexity index is 1320. The number of piperazine rings is 1. The molecule has 3 aromatic rings. The van der Waals surface area contributed by atoms with E-state index in [1.807, 2.05) is 54.6 Å². The van der Waals surface area contributed by atoms with Gasteiger partial charge in [-0.25, -0.2) is 0 Å². The molecule has 0 spiro atoms. The maximum absolute atomic E-state index is 13.7. The topological polar surface area (TPSA) is 64.1 Å². The van der Waals surface area contributed by atoms with E-state index in [0.29, 0.717) is 23.5 Å². The molecule has 1 amide bonds. The molecule has 0 radical (unpaired) electrons. The minimum atomic E-state index is -1.85. The van der Waals surface area contributed by atoms with Crippen LogP contribution < -0.4 is 9.80 Å². The van der Waals surface area contributed by atoms with Gasteiger partial charge in [-0.15, -0.1) is 0 Å². The van der Waals surface area contributed by atoms with E-state index in [9.17, 15) is 14.7 Å². The van der Waals surface area contributed by atoms with E-state index in [-0.39, 0.29) is 12.2 Å². The average molecular weight is 496 g/mol. The van der Waals surface area contributed by atoms with Crippen molar-refractivity contribution in [2.75, 3.05) is 42.6 Å². The van der Waals surface area contributed by atoms with Crippen LogP contribution in [0.5, 0.6) is 0 Å². The number of ketones is 1. The van der Waals surface area contributed by atoms with E-state index in [4.69, 9.17) is 0 Å². The summed E-state index contributed by atoms with van der Waals surface area (Å²) in [4.78, 5) is 33.4. The van der Waals surface area contributed by atoms with Gasteiger partial charge in [0.25, 0.3) is 5.91 Å². The SMILES string of the molecule is O=C(CC1(O)C(=O)N(CN2CCN(c3ccccc3)CC2)c2ccccc21)c1ccc2c(c1)CCCC2. The summed E-state index contributed by atoms with van der Waals surface area (Å²) in [5.74, 6) is -0.608. The second-order valence-corrected chi connectivity index (χ2v) is 10.5. The van der Waals surface area contributed by atoms with Crippen molar-refractivity contribution >= 4 is 23.1 Å². The molecule has 0 aromatic heterocycles. The summed E-state index contributed by atoms with van der Waals surface area (Å²) >= 11 is 0. The van der Waals surface area contributed by atoms with Crippen LogP contribution in [-0.4, -0.2) is 54.5 Å². The van der Waals surface area contributed by atoms with Crippen molar-refractivity contribution in [2.45, 2.75) is 37.7 Å². The number of amides is 1. The number of Topliss-reactive ketones (excluding diaryl/α,β-unsaturated/α-hetero) is 1. The van der Waals surface area contributed by atoms with E-state index in [1.165, 1.54) is 23.2 Å². The van der Waals surface area contributed by atoms with Crippen LogP contribution in [0.1, 0.15) is 46.3 Å². The van der Waals surface area contributed by atoms with Crippen molar-refractivity contribution in [2.24, 2.45) is 0 Å². The molecule has 1 aliphatic carbocycles. The molecule has 6 nitrogen and oxygen atoms in total. The van der Waals surface area contributed by atoms with Gasteiger partial charge in [-0.1, -0.05) is 48.5 Å². The minimum absolute atomic E-state index is 0.197. The number of carbonyl (C=O) groups excluding carboxylic acids is 2. The van der Waals surface area contributed by atoms with E-state index < -0.39 is 11.5 Å². The second kappa shape index (κ2) is 9.77. The molecule has 0 bridgehead atoms. The highest BCUT2D eigenvalue weighted by Crippen LogP contribution is 2.43. The Morgan fingerprint density at radius 3 is 2.32 bits per heavy atom. The standard InChI is InChI=1S/C31H33N3O3/c35-29(25-15-14-23-8-4-5-9-24(23)20-25)21-31(37)27-12-6-7-13-28(27)34(30(31)36)22-32-16-18-33(19-17-32)26-10-2-1-3-11-26/h1-3,6-7,10-15,20,37H,4-5,8-9,16-19,21-22H2. The zero-order chi connectivity index (χ0) is 25.4. The molecule has 2 heterocycles. The van der Waals surface area contributed by atoms with Crippen LogP contribution in [0.25, 0.3) is 0 Å². The number of aliphatic hydroxyl groups is 1. The molecular weight excluding hydrogens is 462 g/mol. The Morgan fingerprint density at radius 2 is 1.54 bits per heavy atom. The number of anilines is 2. The van der Waals surface area contributed by atoms with Gasteiger partial charge in [-0.3, -0.25) is 19.4 Å². The first-order chi connectivity index (χ1) is 18.0. The molecule has 1 N–H and O–H groups in total. The van der Waals surface area contributed by atoms with Gasteiger partial charge in [-0.05, 0) is 61.1 Å². The highest BCUT2D eigenvalue weighted by molar-refractivity contribution is 6.10. The molecule has 1 atom stereocenters. The number of hydrogen-bond donors (Lipinski definition) is 1. The number of nitrogens with zero attached hydrogens (tertiary/aromatic N) is 3. The number of aryl methyl sites for hydroxylation is 2. The Kier molecular flexibility index (Phi) is 6.31. The summed E-state index contributed by atoms with van der Waals surface area (Å²) in [5, 5.41) is 11.7. The van der Waals surface area contributed by atoms with Crippen LogP contribution in [0.2, 0.25) is 0 Å². The molecule has 190 valence electrons. The molecular formula is C31H33N3O3. The van der Waals surface area contributed by atoms with Crippen molar-refractivity contribution in [1.29, 1.82) is 0 Å². The highest BCUT2D eigenvalue weighted by Gasteiger charge is 2.51. The van der Waals surface area contributed by atoms with E-state index in [2.05, 4.69) is 21.9 Å². The normalized spacial score (nSPS) is 21.6. The average Bonchev–Trinajstić information content (AvgIpc) is 3.15. The fourth-order valence-corrected chi connectivity index (χ4v) is 6.05. The minimum Gasteiger partial charge on any atom is -0.375 e. The van der Waals surface area contributed by atoms with E-state index in [1.54, 1.807) is 11.0 Å². The first-order valence-electron chi connectivity index (χ1n) is 13.3. The molecule has 1 fully saturated rings. The predicted molar refractivity (Wildman–Crippen MR) is 145 cm³/mol. The van der Waals surface area contributed by atoms with Crippen LogP contribution >= 0.6 is 0 Å². The van der Waals surface area contributed by atoms with E-state index in [0.717, 1.165) is 45.4 Å². The van der Waals surface area contributed by atoms with Crippen molar-refractivity contribution < 1.29 is 14.7 Å². The summed E-state index contributed by atoms with van der Waals surface area (Å²) in [7, 11) is 0. The number of hydrogen-bond acceptors (Lipinski definition) is 5. The van der Waals surface area contributed by atoms with Gasteiger partial charge < -0.3 is 10.0 Å².